The average molecular weight is 469 g/mol. The molecule has 174 valence electrons. The number of amides is 1. The number of nitrogens with zero attached hydrogens (tertiary/aromatic N) is 1. The van der Waals surface area contributed by atoms with E-state index in [-0.39, 0.29) is 11.0 Å². The Balaban J connectivity index is 1.89. The number of para-hydroxylation sites is 1. The summed E-state index contributed by atoms with van der Waals surface area (Å²) < 4.78 is 39.1. The highest BCUT2D eigenvalue weighted by molar-refractivity contribution is 7.92. The van der Waals surface area contributed by atoms with Crippen molar-refractivity contribution in [3.8, 4) is 11.5 Å². The lowest BCUT2D eigenvalue weighted by atomic mass is 10.2. The fraction of sp³-hybridized carbons (Fsp3) is 0.240. The normalized spacial score (nSPS) is 11.2. The van der Waals surface area contributed by atoms with Gasteiger partial charge in [-0.2, -0.15) is 0 Å². The van der Waals surface area contributed by atoms with E-state index in [1.165, 1.54) is 19.2 Å². The van der Waals surface area contributed by atoms with Gasteiger partial charge in [-0.05, 0) is 68.8 Å². The van der Waals surface area contributed by atoms with Gasteiger partial charge in [-0.3, -0.25) is 9.10 Å². The highest BCUT2D eigenvalue weighted by Gasteiger charge is 2.27. The quantitative estimate of drug-likeness (QED) is 0.495. The van der Waals surface area contributed by atoms with Crippen LogP contribution in [0.25, 0.3) is 0 Å². The summed E-state index contributed by atoms with van der Waals surface area (Å²) >= 11 is 0. The maximum atomic E-state index is 13.5. The molecule has 0 saturated carbocycles. The Labute approximate surface area is 195 Å². The summed E-state index contributed by atoms with van der Waals surface area (Å²) in [7, 11) is -2.49. The van der Waals surface area contributed by atoms with E-state index < -0.39 is 22.5 Å². The Bertz CT molecular complexity index is 1210. The minimum absolute atomic E-state index is 0.0115. The number of carbonyl (C=O) groups excluding carboxylic acids is 1. The van der Waals surface area contributed by atoms with Gasteiger partial charge in [-0.1, -0.05) is 24.3 Å². The van der Waals surface area contributed by atoms with Crippen molar-refractivity contribution >= 4 is 27.3 Å². The van der Waals surface area contributed by atoms with Gasteiger partial charge in [0.25, 0.3) is 10.0 Å². The number of carbonyl (C=O) groups is 1. The second-order valence-electron chi connectivity index (χ2n) is 7.72. The highest BCUT2D eigenvalue weighted by atomic mass is 32.2. The number of ether oxygens (including phenoxy) is 2. The lowest BCUT2D eigenvalue weighted by Crippen LogP contribution is -2.38. The smallest absolute Gasteiger partial charge is 0.264 e. The third kappa shape index (κ3) is 6.04. The Morgan fingerprint density at radius 2 is 1.73 bits per heavy atom. The van der Waals surface area contributed by atoms with Gasteiger partial charge in [0, 0.05) is 11.8 Å². The molecule has 0 spiro atoms. The molecule has 0 radical (unpaired) electrons. The zero-order chi connectivity index (χ0) is 24.0. The zero-order valence-electron chi connectivity index (χ0n) is 19.1. The molecule has 0 heterocycles. The molecule has 0 aromatic heterocycles. The number of aryl methyl sites for hydroxylation is 1. The minimum atomic E-state index is -4.02. The fourth-order valence-corrected chi connectivity index (χ4v) is 4.80. The summed E-state index contributed by atoms with van der Waals surface area (Å²) in [6, 6.07) is 20.1. The van der Waals surface area contributed by atoms with Crippen molar-refractivity contribution in [1.82, 2.24) is 0 Å². The Morgan fingerprint density at radius 3 is 2.36 bits per heavy atom. The van der Waals surface area contributed by atoms with Crippen LogP contribution in [0.2, 0.25) is 0 Å². The van der Waals surface area contributed by atoms with Crippen molar-refractivity contribution in [3.05, 3.63) is 78.4 Å². The van der Waals surface area contributed by atoms with Crippen LogP contribution in [-0.4, -0.2) is 34.1 Å². The summed E-state index contributed by atoms with van der Waals surface area (Å²) in [5, 5.41) is 2.76. The lowest BCUT2D eigenvalue weighted by Gasteiger charge is -2.24. The van der Waals surface area contributed by atoms with Gasteiger partial charge < -0.3 is 14.8 Å². The Kier molecular flexibility index (Phi) is 7.60. The van der Waals surface area contributed by atoms with Crippen LogP contribution in [0, 0.1) is 6.92 Å². The molecule has 3 aromatic rings. The maximum Gasteiger partial charge on any atom is 0.264 e. The number of benzene rings is 3. The largest absolute Gasteiger partial charge is 0.496 e. The van der Waals surface area contributed by atoms with Crippen LogP contribution in [0.1, 0.15) is 19.4 Å². The summed E-state index contributed by atoms with van der Waals surface area (Å²) in [4.78, 5) is 13.0. The van der Waals surface area contributed by atoms with Gasteiger partial charge in [-0.25, -0.2) is 8.42 Å². The molecule has 0 unspecified atom stereocenters. The predicted octanol–water partition coefficient (Wildman–Crippen LogP) is 4.62. The first-order chi connectivity index (χ1) is 15.7. The predicted molar refractivity (Wildman–Crippen MR) is 130 cm³/mol. The summed E-state index contributed by atoms with van der Waals surface area (Å²) in [6.45, 7) is 5.19. The molecule has 33 heavy (non-hydrogen) atoms. The topological polar surface area (TPSA) is 84.9 Å². The molecule has 8 heteroatoms. The van der Waals surface area contributed by atoms with Crippen molar-refractivity contribution in [1.29, 1.82) is 0 Å². The first kappa shape index (κ1) is 24.1. The van der Waals surface area contributed by atoms with Crippen molar-refractivity contribution in [2.24, 2.45) is 0 Å². The van der Waals surface area contributed by atoms with Gasteiger partial charge in [0.1, 0.15) is 18.0 Å². The van der Waals surface area contributed by atoms with Crippen LogP contribution in [0.3, 0.4) is 0 Å². The highest BCUT2D eigenvalue weighted by Crippen LogP contribution is 2.27. The molecule has 1 N–H and O–H groups in total. The molecule has 3 aromatic carbocycles. The lowest BCUT2D eigenvalue weighted by molar-refractivity contribution is -0.114. The van der Waals surface area contributed by atoms with Crippen LogP contribution in [-0.2, 0) is 14.8 Å². The molecule has 1 amide bonds. The SMILES string of the molecule is COc1ccc(S(=O)(=O)N(CC(=O)Nc2cccc(OC(C)C)c2)c2ccccc2)cc1C. The van der Waals surface area contributed by atoms with E-state index in [2.05, 4.69) is 5.32 Å². The van der Waals surface area contributed by atoms with Crippen LogP contribution < -0.4 is 19.1 Å². The molecule has 7 nitrogen and oxygen atoms in total. The van der Waals surface area contributed by atoms with Crippen LogP contribution in [0.15, 0.2) is 77.7 Å². The Morgan fingerprint density at radius 1 is 1.00 bits per heavy atom. The third-order valence-corrected chi connectivity index (χ3v) is 6.55. The van der Waals surface area contributed by atoms with Crippen LogP contribution in [0.5, 0.6) is 11.5 Å². The molecule has 0 aliphatic heterocycles. The van der Waals surface area contributed by atoms with E-state index >= 15 is 0 Å². The molecular weight excluding hydrogens is 440 g/mol. The first-order valence-electron chi connectivity index (χ1n) is 10.5. The average Bonchev–Trinajstić information content (AvgIpc) is 2.77. The fourth-order valence-electron chi connectivity index (χ4n) is 3.30. The molecular formula is C25H28N2O5S. The van der Waals surface area contributed by atoms with E-state index in [4.69, 9.17) is 9.47 Å². The number of anilines is 2. The number of hydrogen-bond donors (Lipinski definition) is 1. The van der Waals surface area contributed by atoms with Crippen molar-refractivity contribution in [2.75, 3.05) is 23.3 Å². The van der Waals surface area contributed by atoms with Gasteiger partial charge in [-0.15, -0.1) is 0 Å². The summed E-state index contributed by atoms with van der Waals surface area (Å²) in [5.41, 5.74) is 1.58. The molecule has 0 saturated heterocycles. The number of hydrogen-bond acceptors (Lipinski definition) is 5. The number of sulfonamides is 1. The van der Waals surface area contributed by atoms with Crippen LogP contribution >= 0.6 is 0 Å². The van der Waals surface area contributed by atoms with E-state index in [9.17, 15) is 13.2 Å². The minimum Gasteiger partial charge on any atom is -0.496 e. The molecule has 0 aliphatic carbocycles. The summed E-state index contributed by atoms with van der Waals surface area (Å²) in [5.74, 6) is 0.722. The molecule has 3 rings (SSSR count). The molecule has 0 fully saturated rings. The number of methoxy groups -OCH3 is 1. The van der Waals surface area contributed by atoms with Crippen LogP contribution in [0.4, 0.5) is 11.4 Å². The van der Waals surface area contributed by atoms with E-state index in [1.54, 1.807) is 67.6 Å². The molecule has 0 atom stereocenters. The standard InChI is InChI=1S/C25H28N2O5S/c1-18(2)32-22-12-8-9-20(16-22)26-25(28)17-27(21-10-6-5-7-11-21)33(29,30)23-13-14-24(31-4)19(3)15-23/h5-16,18H,17H2,1-4H3,(H,26,28). The van der Waals surface area contributed by atoms with E-state index in [1.807, 2.05) is 13.8 Å². The van der Waals surface area contributed by atoms with Crippen molar-refractivity contribution < 1.29 is 22.7 Å². The summed E-state index contributed by atoms with van der Waals surface area (Å²) in [6.07, 6.45) is -0.0115. The molecule has 0 aliphatic rings. The third-order valence-electron chi connectivity index (χ3n) is 4.78. The van der Waals surface area contributed by atoms with Crippen molar-refractivity contribution in [2.45, 2.75) is 31.8 Å². The first-order valence-corrected chi connectivity index (χ1v) is 11.9. The van der Waals surface area contributed by atoms with Crippen molar-refractivity contribution in [3.63, 3.8) is 0 Å². The number of nitrogens with one attached hydrogen (secondary N) is 1. The number of rotatable bonds is 9. The monoisotopic (exact) mass is 468 g/mol. The van der Waals surface area contributed by atoms with Gasteiger partial charge in [0.05, 0.1) is 23.8 Å². The van der Waals surface area contributed by atoms with E-state index in [0.29, 0.717) is 28.4 Å². The van der Waals surface area contributed by atoms with Gasteiger partial charge >= 0.3 is 0 Å². The van der Waals surface area contributed by atoms with E-state index in [0.717, 1.165) is 4.31 Å². The van der Waals surface area contributed by atoms with Gasteiger partial charge in [0.15, 0.2) is 0 Å². The second-order valence-corrected chi connectivity index (χ2v) is 9.58. The Hall–Kier alpha value is -3.52. The van der Waals surface area contributed by atoms with Gasteiger partial charge in [0.2, 0.25) is 5.91 Å². The maximum absolute atomic E-state index is 13.5. The second kappa shape index (κ2) is 10.4. The zero-order valence-corrected chi connectivity index (χ0v) is 19.9. The molecule has 0 bridgehead atoms.